The SMILES string of the molecule is CN(C)CCCc1cc(Cl)ccc1C1CCN(C(=O)CN)CC1. The molecule has 1 aromatic rings. The number of likely N-dealkylation sites (tertiary alicyclic amines) is 1. The molecular formula is C18H28ClN3O. The first-order valence-electron chi connectivity index (χ1n) is 8.42. The van der Waals surface area contributed by atoms with Crippen molar-refractivity contribution in [2.45, 2.75) is 31.6 Å². The molecule has 1 aromatic carbocycles. The van der Waals surface area contributed by atoms with Crippen LogP contribution >= 0.6 is 11.6 Å². The van der Waals surface area contributed by atoms with E-state index in [1.165, 1.54) is 11.1 Å². The Kier molecular flexibility index (Phi) is 6.88. The normalized spacial score (nSPS) is 16.1. The van der Waals surface area contributed by atoms with Gasteiger partial charge in [0.05, 0.1) is 6.54 Å². The number of amides is 1. The van der Waals surface area contributed by atoms with Crippen molar-refractivity contribution in [3.8, 4) is 0 Å². The van der Waals surface area contributed by atoms with Crippen LogP contribution in [-0.4, -0.2) is 56.0 Å². The molecule has 2 N–H and O–H groups in total. The summed E-state index contributed by atoms with van der Waals surface area (Å²) < 4.78 is 0. The van der Waals surface area contributed by atoms with Crippen LogP contribution in [0.5, 0.6) is 0 Å². The maximum absolute atomic E-state index is 11.7. The van der Waals surface area contributed by atoms with Crippen molar-refractivity contribution in [1.29, 1.82) is 0 Å². The lowest BCUT2D eigenvalue weighted by Gasteiger charge is -2.33. The molecule has 23 heavy (non-hydrogen) atoms. The van der Waals surface area contributed by atoms with Crippen molar-refractivity contribution in [3.63, 3.8) is 0 Å². The molecule has 0 radical (unpaired) electrons. The number of nitrogens with two attached hydrogens (primary N) is 1. The molecule has 1 heterocycles. The number of aryl methyl sites for hydroxylation is 1. The minimum atomic E-state index is 0.0609. The van der Waals surface area contributed by atoms with Gasteiger partial charge in [0, 0.05) is 18.1 Å². The predicted molar refractivity (Wildman–Crippen MR) is 95.9 cm³/mol. The Morgan fingerprint density at radius 2 is 2.04 bits per heavy atom. The van der Waals surface area contributed by atoms with E-state index in [1.807, 2.05) is 11.0 Å². The lowest BCUT2D eigenvalue weighted by molar-refractivity contribution is -0.130. The second-order valence-electron chi connectivity index (χ2n) is 6.61. The fraction of sp³-hybridized carbons (Fsp3) is 0.611. The Labute approximate surface area is 144 Å². The summed E-state index contributed by atoms with van der Waals surface area (Å²) in [5, 5.41) is 0.810. The Balaban J connectivity index is 2.03. The van der Waals surface area contributed by atoms with Crippen molar-refractivity contribution in [2.24, 2.45) is 5.73 Å². The minimum Gasteiger partial charge on any atom is -0.342 e. The molecule has 0 saturated carbocycles. The van der Waals surface area contributed by atoms with Crippen molar-refractivity contribution in [2.75, 3.05) is 40.3 Å². The molecule has 2 rings (SSSR count). The summed E-state index contributed by atoms with van der Waals surface area (Å²) in [6.07, 6.45) is 4.20. The average Bonchev–Trinajstić information content (AvgIpc) is 2.54. The molecule has 4 nitrogen and oxygen atoms in total. The molecule has 0 atom stereocenters. The summed E-state index contributed by atoms with van der Waals surface area (Å²) in [4.78, 5) is 15.8. The smallest absolute Gasteiger partial charge is 0.236 e. The van der Waals surface area contributed by atoms with Crippen LogP contribution in [0, 0.1) is 0 Å². The number of nitrogens with zero attached hydrogens (tertiary/aromatic N) is 2. The van der Waals surface area contributed by atoms with Gasteiger partial charge in [-0.05, 0) is 75.5 Å². The second-order valence-corrected chi connectivity index (χ2v) is 7.05. The monoisotopic (exact) mass is 337 g/mol. The van der Waals surface area contributed by atoms with E-state index in [0.29, 0.717) is 5.92 Å². The first-order valence-corrected chi connectivity index (χ1v) is 8.80. The third kappa shape index (κ3) is 5.20. The summed E-state index contributed by atoms with van der Waals surface area (Å²) in [6, 6.07) is 6.28. The van der Waals surface area contributed by atoms with Gasteiger partial charge in [0.25, 0.3) is 0 Å². The van der Waals surface area contributed by atoms with Crippen LogP contribution in [0.2, 0.25) is 5.02 Å². The van der Waals surface area contributed by atoms with Crippen molar-refractivity contribution in [3.05, 3.63) is 34.3 Å². The zero-order valence-corrected chi connectivity index (χ0v) is 15.0. The third-order valence-electron chi connectivity index (χ3n) is 4.62. The Hall–Kier alpha value is -1.10. The van der Waals surface area contributed by atoms with Gasteiger partial charge in [-0.2, -0.15) is 0 Å². The summed E-state index contributed by atoms with van der Waals surface area (Å²) in [6.45, 7) is 2.80. The van der Waals surface area contributed by atoms with E-state index in [9.17, 15) is 4.79 Å². The number of benzene rings is 1. The number of hydrogen-bond acceptors (Lipinski definition) is 3. The van der Waals surface area contributed by atoms with E-state index >= 15 is 0 Å². The number of piperidine rings is 1. The molecule has 0 unspecified atom stereocenters. The van der Waals surface area contributed by atoms with E-state index in [0.717, 1.165) is 50.3 Å². The number of hydrogen-bond donors (Lipinski definition) is 1. The van der Waals surface area contributed by atoms with E-state index in [-0.39, 0.29) is 12.5 Å². The summed E-state index contributed by atoms with van der Waals surface area (Å²) in [7, 11) is 4.20. The molecule has 0 bridgehead atoms. The predicted octanol–water partition coefficient (Wildman–Crippen LogP) is 2.50. The summed E-state index contributed by atoms with van der Waals surface area (Å²) in [5.41, 5.74) is 8.23. The quantitative estimate of drug-likeness (QED) is 0.867. The van der Waals surface area contributed by atoms with E-state index in [4.69, 9.17) is 17.3 Å². The standard InChI is InChI=1S/C18H28ClN3O/c1-21(2)9-3-4-15-12-16(19)5-6-17(15)14-7-10-22(11-8-14)18(23)13-20/h5-6,12,14H,3-4,7-11,13,20H2,1-2H3. The molecule has 0 spiro atoms. The van der Waals surface area contributed by atoms with Gasteiger partial charge in [0.1, 0.15) is 0 Å². The topological polar surface area (TPSA) is 49.6 Å². The highest BCUT2D eigenvalue weighted by Gasteiger charge is 2.24. The molecule has 1 fully saturated rings. The molecule has 1 saturated heterocycles. The van der Waals surface area contributed by atoms with Gasteiger partial charge in [-0.3, -0.25) is 4.79 Å². The minimum absolute atomic E-state index is 0.0609. The Bertz CT molecular complexity index is 525. The van der Waals surface area contributed by atoms with Crippen LogP contribution in [0.1, 0.15) is 36.3 Å². The van der Waals surface area contributed by atoms with Crippen LogP contribution in [0.4, 0.5) is 0 Å². The maximum Gasteiger partial charge on any atom is 0.236 e. The van der Waals surface area contributed by atoms with Crippen LogP contribution < -0.4 is 5.73 Å². The van der Waals surface area contributed by atoms with Gasteiger partial charge in [0.15, 0.2) is 0 Å². The zero-order chi connectivity index (χ0) is 16.8. The van der Waals surface area contributed by atoms with Gasteiger partial charge in [-0.15, -0.1) is 0 Å². The van der Waals surface area contributed by atoms with E-state index in [1.54, 1.807) is 0 Å². The Morgan fingerprint density at radius 3 is 2.65 bits per heavy atom. The molecule has 1 aliphatic heterocycles. The van der Waals surface area contributed by atoms with Crippen molar-refractivity contribution >= 4 is 17.5 Å². The van der Waals surface area contributed by atoms with Gasteiger partial charge in [-0.25, -0.2) is 0 Å². The second kappa shape index (κ2) is 8.67. The molecule has 0 aromatic heterocycles. The number of carbonyl (C=O) groups excluding carboxylic acids is 1. The largest absolute Gasteiger partial charge is 0.342 e. The average molecular weight is 338 g/mol. The number of halogens is 1. The highest BCUT2D eigenvalue weighted by atomic mass is 35.5. The van der Waals surface area contributed by atoms with Crippen molar-refractivity contribution in [1.82, 2.24) is 9.80 Å². The molecule has 5 heteroatoms. The number of carbonyl (C=O) groups is 1. The first kappa shape index (κ1) is 18.2. The van der Waals surface area contributed by atoms with Gasteiger partial charge >= 0.3 is 0 Å². The fourth-order valence-electron chi connectivity index (χ4n) is 3.34. The Morgan fingerprint density at radius 1 is 1.35 bits per heavy atom. The van der Waals surface area contributed by atoms with E-state index < -0.39 is 0 Å². The maximum atomic E-state index is 11.7. The summed E-state index contributed by atoms with van der Waals surface area (Å²) in [5.74, 6) is 0.578. The molecule has 1 amide bonds. The van der Waals surface area contributed by atoms with Crippen LogP contribution in [0.15, 0.2) is 18.2 Å². The zero-order valence-electron chi connectivity index (χ0n) is 14.2. The van der Waals surface area contributed by atoms with Crippen LogP contribution in [-0.2, 0) is 11.2 Å². The van der Waals surface area contributed by atoms with Gasteiger partial charge in [-0.1, -0.05) is 17.7 Å². The number of rotatable bonds is 6. The van der Waals surface area contributed by atoms with Crippen LogP contribution in [0.25, 0.3) is 0 Å². The van der Waals surface area contributed by atoms with Crippen LogP contribution in [0.3, 0.4) is 0 Å². The molecule has 1 aliphatic rings. The van der Waals surface area contributed by atoms with Gasteiger partial charge < -0.3 is 15.5 Å². The molecule has 128 valence electrons. The third-order valence-corrected chi connectivity index (χ3v) is 4.85. The molecule has 0 aliphatic carbocycles. The lowest BCUT2D eigenvalue weighted by Crippen LogP contribution is -2.41. The van der Waals surface area contributed by atoms with E-state index in [2.05, 4.69) is 31.1 Å². The van der Waals surface area contributed by atoms with Gasteiger partial charge in [0.2, 0.25) is 5.91 Å². The first-order chi connectivity index (χ1) is 11.0. The van der Waals surface area contributed by atoms with Crippen molar-refractivity contribution < 1.29 is 4.79 Å². The lowest BCUT2D eigenvalue weighted by atomic mass is 9.85. The highest BCUT2D eigenvalue weighted by molar-refractivity contribution is 6.30. The summed E-state index contributed by atoms with van der Waals surface area (Å²) >= 11 is 6.20. The fourth-order valence-corrected chi connectivity index (χ4v) is 3.54. The highest BCUT2D eigenvalue weighted by Crippen LogP contribution is 2.32. The molecular weight excluding hydrogens is 310 g/mol.